The van der Waals surface area contributed by atoms with Crippen LogP contribution in [0, 0.1) is 25.2 Å². The maximum atomic E-state index is 13.8. The Labute approximate surface area is 255 Å². The number of imidazole rings is 1. The van der Waals surface area contributed by atoms with Crippen molar-refractivity contribution in [1.29, 1.82) is 5.26 Å². The van der Waals surface area contributed by atoms with Gasteiger partial charge in [-0.2, -0.15) is 5.26 Å². The van der Waals surface area contributed by atoms with Crippen LogP contribution in [0.25, 0.3) is 21.9 Å². The Morgan fingerprint density at radius 2 is 1.77 bits per heavy atom. The van der Waals surface area contributed by atoms with Crippen LogP contribution in [0.4, 0.5) is 0 Å². The van der Waals surface area contributed by atoms with Crippen molar-refractivity contribution in [3.05, 3.63) is 94.4 Å². The van der Waals surface area contributed by atoms with Gasteiger partial charge in [0.05, 0.1) is 33.1 Å². The molecule has 0 spiro atoms. The average molecular weight is 613 g/mol. The Bertz CT molecular complexity index is 1960. The Hall–Kier alpha value is -3.71. The van der Waals surface area contributed by atoms with E-state index >= 15 is 0 Å². The van der Waals surface area contributed by atoms with E-state index in [0.29, 0.717) is 24.4 Å². The molecule has 9 heteroatoms. The van der Waals surface area contributed by atoms with Gasteiger partial charge in [-0.1, -0.05) is 57.3 Å². The summed E-state index contributed by atoms with van der Waals surface area (Å²) in [5, 5.41) is 10.4. The smallest absolute Gasteiger partial charge is 0.268 e. The van der Waals surface area contributed by atoms with E-state index in [1.807, 2.05) is 50.2 Å². The number of aromatic nitrogens is 3. The van der Waals surface area contributed by atoms with E-state index < -0.39 is 18.1 Å². The molecule has 2 heterocycles. The molecule has 224 valence electrons. The molecule has 5 aromatic rings. The van der Waals surface area contributed by atoms with Crippen LogP contribution >= 0.6 is 0 Å². The molecular weight excluding hydrogens is 573 g/mol. The fourth-order valence-electron chi connectivity index (χ4n) is 5.77. The van der Waals surface area contributed by atoms with Crippen molar-refractivity contribution in [2.24, 2.45) is 0 Å². The van der Waals surface area contributed by atoms with Crippen molar-refractivity contribution in [3.8, 4) is 6.07 Å². The molecule has 0 aliphatic rings. The van der Waals surface area contributed by atoms with Gasteiger partial charge in [0, 0.05) is 32.2 Å². The third kappa shape index (κ3) is 5.92. The molecule has 0 amide bonds. The number of nitrogens with zero attached hydrogens (tertiary/aromatic N) is 4. The zero-order valence-corrected chi connectivity index (χ0v) is 27.9. The van der Waals surface area contributed by atoms with Gasteiger partial charge in [-0.15, -0.1) is 0 Å². The molecule has 7 nitrogen and oxygen atoms in total. The lowest BCUT2D eigenvalue weighted by Gasteiger charge is -2.21. The van der Waals surface area contributed by atoms with E-state index in [9.17, 15) is 13.7 Å². The van der Waals surface area contributed by atoms with Crippen LogP contribution in [-0.4, -0.2) is 36.6 Å². The molecule has 0 N–H and O–H groups in total. The highest BCUT2D eigenvalue weighted by molar-refractivity contribution is 7.90. The number of nitriles is 1. The van der Waals surface area contributed by atoms with Crippen molar-refractivity contribution in [2.75, 3.05) is 6.61 Å². The summed E-state index contributed by atoms with van der Waals surface area (Å²) in [4.78, 5) is 5.32. The molecule has 0 fully saturated rings. The number of fused-ring (bicyclic) bond motifs is 2. The third-order valence-corrected chi connectivity index (χ3v) is 11.5. The Kier molecular flexibility index (Phi) is 8.40. The number of hydrogen-bond acceptors (Lipinski definition) is 5. The van der Waals surface area contributed by atoms with Gasteiger partial charge >= 0.3 is 0 Å². The van der Waals surface area contributed by atoms with Crippen molar-refractivity contribution >= 4 is 40.0 Å². The maximum Gasteiger partial charge on any atom is 0.268 e. The summed E-state index contributed by atoms with van der Waals surface area (Å²) in [7, 11) is -5.06. The summed E-state index contributed by atoms with van der Waals surface area (Å²) >= 11 is 0. The van der Waals surface area contributed by atoms with Gasteiger partial charge in [0.2, 0.25) is 0 Å². The Balaban J connectivity index is 1.66. The van der Waals surface area contributed by atoms with Gasteiger partial charge in [-0.3, -0.25) is 0 Å². The van der Waals surface area contributed by atoms with E-state index in [0.717, 1.165) is 57.0 Å². The van der Waals surface area contributed by atoms with Gasteiger partial charge in [0.15, 0.2) is 0 Å². The van der Waals surface area contributed by atoms with Crippen molar-refractivity contribution in [1.82, 2.24) is 13.5 Å². The van der Waals surface area contributed by atoms with E-state index in [1.54, 1.807) is 18.3 Å². The minimum absolute atomic E-state index is 0.172. The van der Waals surface area contributed by atoms with Crippen LogP contribution < -0.4 is 0 Å². The lowest BCUT2D eigenvalue weighted by molar-refractivity contribution is 0.0876. The minimum Gasteiger partial charge on any atom is -0.361 e. The normalized spacial score (nSPS) is 13.1. The molecule has 5 rings (SSSR count). The van der Waals surface area contributed by atoms with Crippen LogP contribution in [0.3, 0.4) is 0 Å². The van der Waals surface area contributed by atoms with Gasteiger partial charge in [-0.05, 0) is 79.4 Å². The molecule has 0 saturated heterocycles. The standard InChI is InChI=1S/C34H40N4O3SSi/c1-8-27-19-24(3)33-29(15-16-38(33)42(39,40)28-12-9-23(2)10-13-28)32(27)25(4)34-36-30-20-26(21-35)11-14-31(30)37(34)22-41-17-18-43(5,6)7/h9-16,19-20,25H,8,17-18,22H2,1-7H3. The van der Waals surface area contributed by atoms with Crippen molar-refractivity contribution in [2.45, 2.75) is 77.3 Å². The average Bonchev–Trinajstić information content (AvgIpc) is 3.57. The second-order valence-corrected chi connectivity index (χ2v) is 20.0. The summed E-state index contributed by atoms with van der Waals surface area (Å²) in [5.74, 6) is 0.654. The number of rotatable bonds is 10. The quantitative estimate of drug-likeness (QED) is 0.119. The predicted molar refractivity (Wildman–Crippen MR) is 176 cm³/mol. The molecule has 1 unspecified atom stereocenters. The molecule has 0 aliphatic heterocycles. The summed E-state index contributed by atoms with van der Waals surface area (Å²) in [6.45, 7) is 16.2. The van der Waals surface area contributed by atoms with Gasteiger partial charge in [-0.25, -0.2) is 17.4 Å². The largest absolute Gasteiger partial charge is 0.361 e. The molecule has 3 aromatic carbocycles. The summed E-state index contributed by atoms with van der Waals surface area (Å²) in [6, 6.07) is 19.9. The van der Waals surface area contributed by atoms with Crippen LogP contribution in [0.15, 0.2) is 65.7 Å². The van der Waals surface area contributed by atoms with E-state index in [-0.39, 0.29) is 10.8 Å². The SMILES string of the molecule is CCc1cc(C)c2c(ccn2S(=O)(=O)c2ccc(C)cc2)c1C(C)c1nc2cc(C#N)ccc2n1COCC[Si](C)(C)C. The van der Waals surface area contributed by atoms with E-state index in [1.165, 1.54) is 3.97 Å². The molecule has 43 heavy (non-hydrogen) atoms. The van der Waals surface area contributed by atoms with E-state index in [4.69, 9.17) is 9.72 Å². The zero-order chi connectivity index (χ0) is 31.1. The molecule has 0 bridgehead atoms. The molecule has 0 aliphatic carbocycles. The summed E-state index contributed by atoms with van der Waals surface area (Å²) in [5.41, 5.74) is 7.02. The number of benzene rings is 3. The first-order chi connectivity index (χ1) is 20.4. The molecule has 2 aromatic heterocycles. The van der Waals surface area contributed by atoms with E-state index in [2.05, 4.69) is 50.2 Å². The topological polar surface area (TPSA) is 89.9 Å². The highest BCUT2D eigenvalue weighted by Gasteiger charge is 2.27. The number of hydrogen-bond donors (Lipinski definition) is 0. The Morgan fingerprint density at radius 3 is 2.42 bits per heavy atom. The van der Waals surface area contributed by atoms with Crippen LogP contribution in [0.5, 0.6) is 0 Å². The van der Waals surface area contributed by atoms with Crippen LogP contribution in [0.1, 0.15) is 53.4 Å². The van der Waals surface area contributed by atoms with Gasteiger partial charge in [0.1, 0.15) is 12.6 Å². The fraction of sp³-hybridized carbons (Fsp3) is 0.353. The molecule has 1 atom stereocenters. The van der Waals surface area contributed by atoms with Crippen molar-refractivity contribution in [3.63, 3.8) is 0 Å². The first-order valence-corrected chi connectivity index (χ1v) is 19.9. The number of aryl methyl sites for hydroxylation is 3. The lowest BCUT2D eigenvalue weighted by atomic mass is 9.89. The predicted octanol–water partition coefficient (Wildman–Crippen LogP) is 7.74. The third-order valence-electron chi connectivity index (χ3n) is 8.16. The van der Waals surface area contributed by atoms with Crippen molar-refractivity contribution < 1.29 is 13.2 Å². The molecule has 0 radical (unpaired) electrons. The number of ether oxygens (including phenoxy) is 1. The highest BCUT2D eigenvalue weighted by atomic mass is 32.2. The first-order valence-electron chi connectivity index (χ1n) is 14.8. The minimum atomic E-state index is -3.80. The monoisotopic (exact) mass is 612 g/mol. The van der Waals surface area contributed by atoms with Gasteiger partial charge < -0.3 is 9.30 Å². The maximum absolute atomic E-state index is 13.8. The van der Waals surface area contributed by atoms with Crippen LogP contribution in [0.2, 0.25) is 25.7 Å². The van der Waals surface area contributed by atoms with Gasteiger partial charge in [0.25, 0.3) is 10.0 Å². The highest BCUT2D eigenvalue weighted by Crippen LogP contribution is 2.38. The second kappa shape index (κ2) is 11.8. The summed E-state index contributed by atoms with van der Waals surface area (Å²) in [6.07, 6.45) is 2.46. The summed E-state index contributed by atoms with van der Waals surface area (Å²) < 4.78 is 37.4. The molecule has 0 saturated carbocycles. The fourth-order valence-corrected chi connectivity index (χ4v) is 7.94. The Morgan fingerprint density at radius 1 is 1.05 bits per heavy atom. The van der Waals surface area contributed by atoms with Crippen LogP contribution in [-0.2, 0) is 27.9 Å². The zero-order valence-electron chi connectivity index (χ0n) is 26.1. The first kappa shape index (κ1) is 30.7. The second-order valence-electron chi connectivity index (χ2n) is 12.6. The molecular formula is C34H40N4O3SSi. The lowest BCUT2D eigenvalue weighted by Crippen LogP contribution is -2.22.